The number of nitrogens with zero attached hydrogens (tertiary/aromatic N) is 1. The first-order valence-corrected chi connectivity index (χ1v) is 8.45. The van der Waals surface area contributed by atoms with Crippen LogP contribution in [0.25, 0.3) is 0 Å². The molecule has 0 saturated carbocycles. The molecule has 2 N–H and O–H groups in total. The van der Waals surface area contributed by atoms with E-state index in [2.05, 4.69) is 15.6 Å². The molecule has 0 radical (unpaired) electrons. The first-order valence-electron chi connectivity index (χ1n) is 8.45. The van der Waals surface area contributed by atoms with Gasteiger partial charge in [0.25, 0.3) is 11.8 Å². The van der Waals surface area contributed by atoms with Crippen molar-refractivity contribution < 1.29 is 18.7 Å². The molecule has 0 spiro atoms. The van der Waals surface area contributed by atoms with Crippen LogP contribution in [-0.4, -0.2) is 29.9 Å². The van der Waals surface area contributed by atoms with Gasteiger partial charge in [0.1, 0.15) is 5.75 Å². The lowest BCUT2D eigenvalue weighted by Gasteiger charge is -2.09. The van der Waals surface area contributed by atoms with Crippen LogP contribution in [0, 0.1) is 0 Å². The molecule has 0 bridgehead atoms. The number of aromatic nitrogens is 1. The van der Waals surface area contributed by atoms with E-state index >= 15 is 0 Å². The Morgan fingerprint density at radius 1 is 1.07 bits per heavy atom. The molecule has 2 aromatic heterocycles. The summed E-state index contributed by atoms with van der Waals surface area (Å²) in [4.78, 5) is 28.1. The minimum Gasteiger partial charge on any atom is -0.484 e. The number of carbonyl (C=O) groups excluding carboxylic acids is 2. The molecule has 2 amide bonds. The third-order valence-corrected chi connectivity index (χ3v) is 3.64. The number of nitrogens with one attached hydrogen (secondary N) is 2. The van der Waals surface area contributed by atoms with Crippen LogP contribution in [-0.2, 0) is 11.2 Å². The Bertz CT molecular complexity index is 879. The van der Waals surface area contributed by atoms with E-state index in [1.807, 2.05) is 18.2 Å². The van der Waals surface area contributed by atoms with Crippen molar-refractivity contribution in [3.05, 3.63) is 78.5 Å². The quantitative estimate of drug-likeness (QED) is 0.640. The van der Waals surface area contributed by atoms with Gasteiger partial charge in [-0.05, 0) is 36.4 Å². The van der Waals surface area contributed by atoms with Crippen molar-refractivity contribution in [1.29, 1.82) is 0 Å². The van der Waals surface area contributed by atoms with E-state index in [1.165, 1.54) is 6.26 Å². The van der Waals surface area contributed by atoms with E-state index in [0.29, 0.717) is 24.4 Å². The molecular formula is C20H19N3O4. The molecule has 0 saturated heterocycles. The minimum absolute atomic E-state index is 0.113. The number of benzene rings is 1. The summed E-state index contributed by atoms with van der Waals surface area (Å²) in [6, 6.07) is 15.7. The normalized spacial score (nSPS) is 10.2. The highest BCUT2D eigenvalue weighted by Gasteiger charge is 2.09. The van der Waals surface area contributed by atoms with Gasteiger partial charge in [0.2, 0.25) is 0 Å². The van der Waals surface area contributed by atoms with E-state index in [0.717, 1.165) is 5.69 Å². The van der Waals surface area contributed by atoms with Crippen molar-refractivity contribution in [2.75, 3.05) is 18.5 Å². The topological polar surface area (TPSA) is 93.5 Å². The minimum atomic E-state index is -0.357. The van der Waals surface area contributed by atoms with Crippen molar-refractivity contribution in [3.8, 4) is 5.75 Å². The van der Waals surface area contributed by atoms with Gasteiger partial charge >= 0.3 is 0 Å². The number of hydrogen-bond acceptors (Lipinski definition) is 5. The zero-order valence-electron chi connectivity index (χ0n) is 14.6. The summed E-state index contributed by atoms with van der Waals surface area (Å²) in [6.45, 7) is 0.371. The van der Waals surface area contributed by atoms with E-state index in [1.54, 1.807) is 42.6 Å². The number of hydrogen-bond donors (Lipinski definition) is 2. The summed E-state index contributed by atoms with van der Waals surface area (Å²) < 4.78 is 10.5. The average Bonchev–Trinajstić information content (AvgIpc) is 3.23. The standard InChI is InChI=1S/C20H19N3O4/c24-19(22-11-9-15-5-1-2-10-21-15)14-27-17-7-3-6-16(13-17)23-20(25)18-8-4-12-26-18/h1-8,10,12-13H,9,11,14H2,(H,22,24)(H,23,25). The summed E-state index contributed by atoms with van der Waals surface area (Å²) in [5.41, 5.74) is 1.46. The van der Waals surface area contributed by atoms with Crippen LogP contribution in [0.1, 0.15) is 16.2 Å². The molecule has 0 atom stereocenters. The molecule has 7 nitrogen and oxygen atoms in total. The Labute approximate surface area is 156 Å². The predicted octanol–water partition coefficient (Wildman–Crippen LogP) is 2.66. The molecule has 138 valence electrons. The molecule has 2 heterocycles. The molecule has 3 rings (SSSR count). The van der Waals surface area contributed by atoms with Crippen LogP contribution < -0.4 is 15.4 Å². The molecule has 1 aromatic carbocycles. The smallest absolute Gasteiger partial charge is 0.291 e. The van der Waals surface area contributed by atoms with Crippen LogP contribution >= 0.6 is 0 Å². The Hall–Kier alpha value is -3.61. The molecule has 0 unspecified atom stereocenters. The lowest BCUT2D eigenvalue weighted by atomic mass is 10.3. The third kappa shape index (κ3) is 5.71. The zero-order valence-corrected chi connectivity index (χ0v) is 14.6. The van der Waals surface area contributed by atoms with Gasteiger partial charge in [-0.25, -0.2) is 0 Å². The van der Waals surface area contributed by atoms with E-state index in [4.69, 9.17) is 9.15 Å². The Morgan fingerprint density at radius 3 is 2.78 bits per heavy atom. The van der Waals surface area contributed by atoms with Crippen molar-refractivity contribution in [2.24, 2.45) is 0 Å². The van der Waals surface area contributed by atoms with Crippen LogP contribution in [0.3, 0.4) is 0 Å². The highest BCUT2D eigenvalue weighted by Crippen LogP contribution is 2.18. The van der Waals surface area contributed by atoms with Crippen LogP contribution in [0.4, 0.5) is 5.69 Å². The second kappa shape index (κ2) is 9.19. The van der Waals surface area contributed by atoms with E-state index in [-0.39, 0.29) is 24.2 Å². The van der Waals surface area contributed by atoms with Gasteiger partial charge in [-0.3, -0.25) is 14.6 Å². The average molecular weight is 365 g/mol. The SMILES string of the molecule is O=C(COc1cccc(NC(=O)c2ccco2)c1)NCCc1ccccn1. The fraction of sp³-hybridized carbons (Fsp3) is 0.150. The molecular weight excluding hydrogens is 346 g/mol. The van der Waals surface area contributed by atoms with Gasteiger partial charge in [-0.1, -0.05) is 12.1 Å². The highest BCUT2D eigenvalue weighted by molar-refractivity contribution is 6.02. The van der Waals surface area contributed by atoms with Crippen molar-refractivity contribution in [1.82, 2.24) is 10.3 Å². The van der Waals surface area contributed by atoms with Crippen LogP contribution in [0.2, 0.25) is 0 Å². The maximum absolute atomic E-state index is 12.0. The number of carbonyl (C=O) groups is 2. The predicted molar refractivity (Wildman–Crippen MR) is 99.5 cm³/mol. The molecule has 0 fully saturated rings. The van der Waals surface area contributed by atoms with E-state index < -0.39 is 0 Å². The Morgan fingerprint density at radius 2 is 2.00 bits per heavy atom. The summed E-state index contributed by atoms with van der Waals surface area (Å²) in [5.74, 6) is 0.112. The fourth-order valence-corrected chi connectivity index (χ4v) is 2.34. The van der Waals surface area contributed by atoms with Gasteiger partial charge in [0.15, 0.2) is 12.4 Å². The number of amides is 2. The molecule has 0 aliphatic rings. The number of pyridine rings is 1. The maximum Gasteiger partial charge on any atom is 0.291 e. The van der Waals surface area contributed by atoms with Crippen LogP contribution in [0.15, 0.2) is 71.5 Å². The lowest BCUT2D eigenvalue weighted by Crippen LogP contribution is -2.30. The largest absolute Gasteiger partial charge is 0.484 e. The second-order valence-electron chi connectivity index (χ2n) is 5.67. The summed E-state index contributed by atoms with van der Waals surface area (Å²) in [6.07, 6.45) is 3.81. The van der Waals surface area contributed by atoms with Gasteiger partial charge in [0, 0.05) is 36.6 Å². The molecule has 7 heteroatoms. The van der Waals surface area contributed by atoms with Crippen LogP contribution in [0.5, 0.6) is 5.75 Å². The number of rotatable bonds is 8. The maximum atomic E-state index is 12.0. The molecule has 0 aliphatic carbocycles. The number of ether oxygens (including phenoxy) is 1. The monoisotopic (exact) mass is 365 g/mol. The summed E-state index contributed by atoms with van der Waals surface area (Å²) >= 11 is 0. The number of furan rings is 1. The van der Waals surface area contributed by atoms with Gasteiger partial charge in [-0.15, -0.1) is 0 Å². The summed E-state index contributed by atoms with van der Waals surface area (Å²) in [5, 5.41) is 5.49. The van der Waals surface area contributed by atoms with Crippen molar-refractivity contribution in [2.45, 2.75) is 6.42 Å². The van der Waals surface area contributed by atoms with Gasteiger partial charge in [0.05, 0.1) is 6.26 Å². The Balaban J connectivity index is 1.43. The first kappa shape index (κ1) is 18.2. The van der Waals surface area contributed by atoms with Crippen molar-refractivity contribution in [3.63, 3.8) is 0 Å². The summed E-state index contributed by atoms with van der Waals surface area (Å²) in [7, 11) is 0. The Kier molecular flexibility index (Phi) is 6.19. The molecule has 27 heavy (non-hydrogen) atoms. The zero-order chi connectivity index (χ0) is 18.9. The highest BCUT2D eigenvalue weighted by atomic mass is 16.5. The third-order valence-electron chi connectivity index (χ3n) is 3.64. The first-order chi connectivity index (χ1) is 13.2. The van der Waals surface area contributed by atoms with E-state index in [9.17, 15) is 9.59 Å². The number of anilines is 1. The second-order valence-corrected chi connectivity index (χ2v) is 5.67. The molecule has 3 aromatic rings. The van der Waals surface area contributed by atoms with Gasteiger partial charge < -0.3 is 19.8 Å². The lowest BCUT2D eigenvalue weighted by molar-refractivity contribution is -0.123. The van der Waals surface area contributed by atoms with Crippen molar-refractivity contribution >= 4 is 17.5 Å². The fourth-order valence-electron chi connectivity index (χ4n) is 2.34. The van der Waals surface area contributed by atoms with Gasteiger partial charge in [-0.2, -0.15) is 0 Å². The molecule has 0 aliphatic heterocycles.